The van der Waals surface area contributed by atoms with Gasteiger partial charge in [0.25, 0.3) is 0 Å². The van der Waals surface area contributed by atoms with Crippen molar-refractivity contribution in [2.24, 2.45) is 0 Å². The second-order valence-corrected chi connectivity index (χ2v) is 5.71. The van der Waals surface area contributed by atoms with Crippen LogP contribution in [0.1, 0.15) is 17.2 Å². The van der Waals surface area contributed by atoms with Crippen LogP contribution in [-0.2, 0) is 9.53 Å². The maximum absolute atomic E-state index is 12.8. The molecule has 1 aliphatic heterocycles. The predicted molar refractivity (Wildman–Crippen MR) is 87.3 cm³/mol. The van der Waals surface area contributed by atoms with Gasteiger partial charge in [-0.1, -0.05) is 18.2 Å². The highest BCUT2D eigenvalue weighted by molar-refractivity contribution is 7.98. The van der Waals surface area contributed by atoms with Gasteiger partial charge in [0, 0.05) is 29.9 Å². The van der Waals surface area contributed by atoms with E-state index in [4.69, 9.17) is 4.74 Å². The number of nitrogens with zero attached hydrogens (tertiary/aromatic N) is 1. The molecular formula is C17H16N2O2S. The first-order valence-electron chi connectivity index (χ1n) is 6.92. The number of thioether (sulfide) groups is 1. The molecular weight excluding hydrogens is 296 g/mol. The number of aromatic nitrogens is 1. The van der Waals surface area contributed by atoms with Gasteiger partial charge in [-0.25, -0.2) is 0 Å². The van der Waals surface area contributed by atoms with Crippen molar-refractivity contribution >= 4 is 23.1 Å². The number of nitrogens with one attached hydrogen (secondary N) is 1. The van der Waals surface area contributed by atoms with Crippen molar-refractivity contribution in [1.82, 2.24) is 10.3 Å². The minimum atomic E-state index is -0.635. The van der Waals surface area contributed by atoms with Crippen LogP contribution in [0, 0.1) is 0 Å². The van der Waals surface area contributed by atoms with E-state index in [-0.39, 0.29) is 5.78 Å². The van der Waals surface area contributed by atoms with Gasteiger partial charge < -0.3 is 10.1 Å². The molecule has 1 aliphatic rings. The Kier molecular flexibility index (Phi) is 4.15. The summed E-state index contributed by atoms with van der Waals surface area (Å²) < 4.78 is 5.82. The van der Waals surface area contributed by atoms with Crippen LogP contribution >= 0.6 is 11.8 Å². The van der Waals surface area contributed by atoms with Crippen LogP contribution in [0.25, 0.3) is 5.57 Å². The van der Waals surface area contributed by atoms with Gasteiger partial charge in [-0.15, -0.1) is 11.8 Å². The largest absolute Gasteiger partial charge is 0.462 e. The molecule has 1 atom stereocenters. The molecule has 0 saturated heterocycles. The van der Waals surface area contributed by atoms with Crippen LogP contribution in [0.4, 0.5) is 0 Å². The SMILES string of the molecule is CNC1=C(c2cccc(SC)c2)C(=O)C(c2cccnc2)O1. The van der Waals surface area contributed by atoms with Gasteiger partial charge >= 0.3 is 0 Å². The van der Waals surface area contributed by atoms with Gasteiger partial charge in [0.15, 0.2) is 12.0 Å². The number of rotatable bonds is 4. The van der Waals surface area contributed by atoms with Crippen LogP contribution < -0.4 is 5.32 Å². The zero-order chi connectivity index (χ0) is 15.5. The van der Waals surface area contributed by atoms with Gasteiger partial charge in [0.05, 0.1) is 5.57 Å². The average molecular weight is 312 g/mol. The Morgan fingerprint density at radius 1 is 1.27 bits per heavy atom. The summed E-state index contributed by atoms with van der Waals surface area (Å²) in [7, 11) is 1.76. The molecule has 0 radical (unpaired) electrons. The third-order valence-electron chi connectivity index (χ3n) is 3.52. The van der Waals surface area contributed by atoms with E-state index in [1.165, 1.54) is 0 Å². The molecule has 2 heterocycles. The molecule has 3 rings (SSSR count). The zero-order valence-electron chi connectivity index (χ0n) is 12.4. The highest BCUT2D eigenvalue weighted by Crippen LogP contribution is 2.37. The first kappa shape index (κ1) is 14.7. The average Bonchev–Trinajstić information content (AvgIpc) is 2.92. The molecule has 0 saturated carbocycles. The molecule has 0 fully saturated rings. The highest BCUT2D eigenvalue weighted by atomic mass is 32.2. The van der Waals surface area contributed by atoms with Crippen molar-refractivity contribution in [2.45, 2.75) is 11.0 Å². The molecule has 0 amide bonds. The zero-order valence-corrected chi connectivity index (χ0v) is 13.2. The molecule has 1 unspecified atom stereocenters. The van der Waals surface area contributed by atoms with Crippen LogP contribution in [0.5, 0.6) is 0 Å². The Balaban J connectivity index is 2.00. The first-order chi connectivity index (χ1) is 10.7. The highest BCUT2D eigenvalue weighted by Gasteiger charge is 2.36. The number of ether oxygens (including phenoxy) is 1. The summed E-state index contributed by atoms with van der Waals surface area (Å²) >= 11 is 1.64. The van der Waals surface area contributed by atoms with E-state index in [9.17, 15) is 4.79 Å². The summed E-state index contributed by atoms with van der Waals surface area (Å²) in [5.41, 5.74) is 2.22. The Hall–Kier alpha value is -2.27. The first-order valence-corrected chi connectivity index (χ1v) is 8.14. The number of benzene rings is 1. The lowest BCUT2D eigenvalue weighted by Gasteiger charge is -2.10. The maximum Gasteiger partial charge on any atom is 0.214 e. The Bertz CT molecular complexity index is 728. The minimum Gasteiger partial charge on any atom is -0.462 e. The number of hydrogen-bond donors (Lipinski definition) is 1. The molecule has 4 nitrogen and oxygen atoms in total. The van der Waals surface area contributed by atoms with Crippen LogP contribution in [0.2, 0.25) is 0 Å². The van der Waals surface area contributed by atoms with E-state index in [2.05, 4.69) is 10.3 Å². The predicted octanol–water partition coefficient (Wildman–Crippen LogP) is 3.03. The van der Waals surface area contributed by atoms with Crippen LogP contribution in [0.15, 0.2) is 59.6 Å². The molecule has 112 valence electrons. The lowest BCUT2D eigenvalue weighted by atomic mass is 9.98. The van der Waals surface area contributed by atoms with E-state index in [0.717, 1.165) is 16.0 Å². The summed E-state index contributed by atoms with van der Waals surface area (Å²) in [6, 6.07) is 11.6. The van der Waals surface area contributed by atoms with Crippen molar-refractivity contribution in [3.63, 3.8) is 0 Å². The topological polar surface area (TPSA) is 51.2 Å². The quantitative estimate of drug-likeness (QED) is 0.880. The van der Waals surface area contributed by atoms with E-state index >= 15 is 0 Å². The molecule has 1 N–H and O–H groups in total. The third kappa shape index (κ3) is 2.60. The van der Waals surface area contributed by atoms with E-state index in [1.807, 2.05) is 36.6 Å². The number of ketones is 1. The van der Waals surface area contributed by atoms with E-state index in [0.29, 0.717) is 11.5 Å². The fourth-order valence-corrected chi connectivity index (χ4v) is 2.92. The Morgan fingerprint density at radius 3 is 2.82 bits per heavy atom. The second kappa shape index (κ2) is 6.23. The Morgan fingerprint density at radius 2 is 2.14 bits per heavy atom. The monoisotopic (exact) mass is 312 g/mol. The number of carbonyl (C=O) groups excluding carboxylic acids is 1. The number of Topliss-reactive ketones (excluding diaryl/α,β-unsaturated/α-hetero) is 1. The summed E-state index contributed by atoms with van der Waals surface area (Å²) in [4.78, 5) is 18.0. The fraction of sp³-hybridized carbons (Fsp3) is 0.176. The maximum atomic E-state index is 12.8. The standard InChI is InChI=1S/C17H16N2O2S/c1-18-17-14(11-5-3-7-13(9-11)22-2)15(20)16(21-17)12-6-4-8-19-10-12/h3-10,16,18H,1-2H3. The summed E-state index contributed by atoms with van der Waals surface area (Å²) in [5.74, 6) is 0.465. The second-order valence-electron chi connectivity index (χ2n) is 4.83. The van der Waals surface area contributed by atoms with E-state index in [1.54, 1.807) is 37.3 Å². The van der Waals surface area contributed by atoms with E-state index < -0.39 is 6.10 Å². The molecule has 0 aliphatic carbocycles. The molecule has 1 aromatic carbocycles. The molecule has 0 bridgehead atoms. The van der Waals surface area contributed by atoms with Crippen LogP contribution in [-0.4, -0.2) is 24.1 Å². The van der Waals surface area contributed by atoms with Crippen molar-refractivity contribution < 1.29 is 9.53 Å². The number of carbonyl (C=O) groups is 1. The third-order valence-corrected chi connectivity index (χ3v) is 4.25. The van der Waals surface area contributed by atoms with Crippen molar-refractivity contribution in [2.75, 3.05) is 13.3 Å². The smallest absolute Gasteiger partial charge is 0.214 e. The minimum absolute atomic E-state index is 0.0457. The molecule has 1 aromatic heterocycles. The summed E-state index contributed by atoms with van der Waals surface area (Å²) in [6.45, 7) is 0. The van der Waals surface area contributed by atoms with Gasteiger partial charge in [-0.05, 0) is 30.0 Å². The van der Waals surface area contributed by atoms with Gasteiger partial charge in [0.2, 0.25) is 5.78 Å². The fourth-order valence-electron chi connectivity index (χ4n) is 2.46. The molecule has 22 heavy (non-hydrogen) atoms. The van der Waals surface area contributed by atoms with Crippen LogP contribution in [0.3, 0.4) is 0 Å². The van der Waals surface area contributed by atoms with Crippen molar-refractivity contribution in [1.29, 1.82) is 0 Å². The van der Waals surface area contributed by atoms with Gasteiger partial charge in [0.1, 0.15) is 0 Å². The summed E-state index contributed by atoms with van der Waals surface area (Å²) in [6.07, 6.45) is 4.72. The summed E-state index contributed by atoms with van der Waals surface area (Å²) in [5, 5.41) is 2.99. The number of pyridine rings is 1. The normalized spacial score (nSPS) is 17.5. The number of hydrogen-bond acceptors (Lipinski definition) is 5. The van der Waals surface area contributed by atoms with Gasteiger partial charge in [-0.3, -0.25) is 9.78 Å². The van der Waals surface area contributed by atoms with Crippen molar-refractivity contribution in [3.8, 4) is 0 Å². The van der Waals surface area contributed by atoms with Gasteiger partial charge in [-0.2, -0.15) is 0 Å². The van der Waals surface area contributed by atoms with Crippen molar-refractivity contribution in [3.05, 3.63) is 65.8 Å². The molecule has 2 aromatic rings. The lowest BCUT2D eigenvalue weighted by Crippen LogP contribution is -2.10. The lowest BCUT2D eigenvalue weighted by molar-refractivity contribution is -0.120. The molecule has 0 spiro atoms. The molecule has 5 heteroatoms. The Labute approximate surface area is 133 Å².